The van der Waals surface area contributed by atoms with Gasteiger partial charge in [0.15, 0.2) is 6.61 Å². The maximum atomic E-state index is 11.2. The molecule has 18 heavy (non-hydrogen) atoms. The predicted octanol–water partition coefficient (Wildman–Crippen LogP) is 0.138. The van der Waals surface area contributed by atoms with E-state index in [4.69, 9.17) is 0 Å². The summed E-state index contributed by atoms with van der Waals surface area (Å²) in [6.07, 6.45) is 3.32. The van der Waals surface area contributed by atoms with Crippen molar-refractivity contribution in [1.29, 1.82) is 0 Å². The summed E-state index contributed by atoms with van der Waals surface area (Å²) in [5.41, 5.74) is 0. The van der Waals surface area contributed by atoms with Gasteiger partial charge in [-0.2, -0.15) is 0 Å². The van der Waals surface area contributed by atoms with E-state index in [1.165, 1.54) is 0 Å². The first-order chi connectivity index (χ1) is 8.60. The lowest BCUT2D eigenvalue weighted by Gasteiger charge is -2.06. The van der Waals surface area contributed by atoms with Crippen LogP contribution < -0.4 is 10.6 Å². The van der Waals surface area contributed by atoms with E-state index in [9.17, 15) is 14.4 Å². The van der Waals surface area contributed by atoms with Gasteiger partial charge < -0.3 is 15.4 Å². The van der Waals surface area contributed by atoms with Crippen LogP contribution >= 0.6 is 0 Å². The third-order valence-corrected chi connectivity index (χ3v) is 2.04. The lowest BCUT2D eigenvalue weighted by atomic mass is 10.2. The lowest BCUT2D eigenvalue weighted by Crippen LogP contribution is -2.36. The summed E-state index contributed by atoms with van der Waals surface area (Å²) in [4.78, 5) is 33.0. The minimum atomic E-state index is -0.641. The van der Waals surface area contributed by atoms with Gasteiger partial charge in [0.25, 0.3) is 5.91 Å². The van der Waals surface area contributed by atoms with E-state index in [0.717, 1.165) is 18.9 Å². The summed E-state index contributed by atoms with van der Waals surface area (Å²) >= 11 is 0. The number of hydrogen-bond donors (Lipinski definition) is 2. The monoisotopic (exact) mass is 256 g/mol. The van der Waals surface area contributed by atoms with Crippen molar-refractivity contribution < 1.29 is 19.1 Å². The summed E-state index contributed by atoms with van der Waals surface area (Å²) in [7, 11) is 0. The first-order valence-corrected chi connectivity index (χ1v) is 5.92. The molecule has 6 heteroatoms. The highest BCUT2D eigenvalue weighted by molar-refractivity contribution is 5.85. The van der Waals surface area contributed by atoms with E-state index >= 15 is 0 Å². The Kier molecular flexibility index (Phi) is 9.25. The van der Waals surface area contributed by atoms with Crippen LogP contribution in [-0.4, -0.2) is 37.5 Å². The molecule has 0 fully saturated rings. The summed E-state index contributed by atoms with van der Waals surface area (Å²) in [5.74, 6) is -1.07. The molecule has 0 radical (unpaired) electrons. The fraction of sp³-hybridized carbons (Fsp3) is 0.583. The number of rotatable bonds is 9. The zero-order valence-corrected chi connectivity index (χ0v) is 10.7. The number of esters is 1. The second kappa shape index (κ2) is 10.3. The minimum absolute atomic E-state index is 0.0239. The topological polar surface area (TPSA) is 84.5 Å². The van der Waals surface area contributed by atoms with Crippen LogP contribution in [0.3, 0.4) is 0 Å². The molecule has 0 saturated heterocycles. The first kappa shape index (κ1) is 16.1. The Morgan fingerprint density at radius 2 is 1.78 bits per heavy atom. The van der Waals surface area contributed by atoms with E-state index in [2.05, 4.69) is 21.9 Å². The molecule has 0 spiro atoms. The molecule has 0 aromatic carbocycles. The number of carbonyl (C=O) groups excluding carboxylic acids is 3. The van der Waals surface area contributed by atoms with Crippen LogP contribution in [-0.2, 0) is 19.1 Å². The van der Waals surface area contributed by atoms with Gasteiger partial charge in [0, 0.05) is 25.6 Å². The summed E-state index contributed by atoms with van der Waals surface area (Å²) in [6, 6.07) is 0. The van der Waals surface area contributed by atoms with Crippen LogP contribution in [0.4, 0.5) is 0 Å². The smallest absolute Gasteiger partial charge is 0.330 e. The van der Waals surface area contributed by atoms with Gasteiger partial charge in [0.05, 0.1) is 0 Å². The van der Waals surface area contributed by atoms with Crippen molar-refractivity contribution >= 4 is 17.8 Å². The molecule has 0 unspecified atom stereocenters. The fourth-order valence-electron chi connectivity index (χ4n) is 1.08. The van der Waals surface area contributed by atoms with Gasteiger partial charge in [-0.3, -0.25) is 9.59 Å². The molecule has 2 amide bonds. The molecular weight excluding hydrogens is 236 g/mol. The number of unbranched alkanes of at least 4 members (excludes halogenated alkanes) is 1. The number of nitrogens with one attached hydrogen (secondary N) is 2. The average molecular weight is 256 g/mol. The van der Waals surface area contributed by atoms with Crippen molar-refractivity contribution in [2.24, 2.45) is 0 Å². The second-order valence-electron chi connectivity index (χ2n) is 3.62. The Morgan fingerprint density at radius 3 is 2.33 bits per heavy atom. The molecular formula is C12H20N2O4. The fourth-order valence-corrected chi connectivity index (χ4v) is 1.08. The largest absolute Gasteiger partial charge is 0.452 e. The van der Waals surface area contributed by atoms with E-state index in [0.29, 0.717) is 19.5 Å². The number of carbonyl (C=O) groups is 3. The van der Waals surface area contributed by atoms with Gasteiger partial charge in [-0.1, -0.05) is 19.9 Å². The van der Waals surface area contributed by atoms with E-state index < -0.39 is 11.9 Å². The maximum Gasteiger partial charge on any atom is 0.330 e. The van der Waals surface area contributed by atoms with Crippen molar-refractivity contribution in [3.05, 3.63) is 12.7 Å². The van der Waals surface area contributed by atoms with Crippen LogP contribution in [0, 0.1) is 0 Å². The van der Waals surface area contributed by atoms with Crippen LogP contribution in [0.15, 0.2) is 12.7 Å². The van der Waals surface area contributed by atoms with Crippen molar-refractivity contribution in [3.63, 3.8) is 0 Å². The summed E-state index contributed by atoms with van der Waals surface area (Å²) in [5, 5.41) is 5.18. The molecule has 0 aromatic rings. The molecule has 0 aliphatic rings. The highest BCUT2D eigenvalue weighted by Crippen LogP contribution is 1.92. The highest BCUT2D eigenvalue weighted by atomic mass is 16.5. The standard InChI is InChI=1S/C12H20N2O4/c1-3-5-6-10(15)13-7-8-14-11(16)9-18-12(17)4-2/h4H,2-3,5-9H2,1H3,(H,13,15)(H,14,16). The van der Waals surface area contributed by atoms with E-state index in [1.54, 1.807) is 0 Å². The van der Waals surface area contributed by atoms with Crippen LogP contribution in [0.5, 0.6) is 0 Å². The van der Waals surface area contributed by atoms with Gasteiger partial charge in [-0.25, -0.2) is 4.79 Å². The molecule has 2 N–H and O–H groups in total. The summed E-state index contributed by atoms with van der Waals surface area (Å²) in [6.45, 7) is 5.55. The zero-order valence-electron chi connectivity index (χ0n) is 10.7. The summed E-state index contributed by atoms with van der Waals surface area (Å²) < 4.78 is 4.53. The minimum Gasteiger partial charge on any atom is -0.452 e. The number of hydrogen-bond acceptors (Lipinski definition) is 4. The van der Waals surface area contributed by atoms with Crippen LogP contribution in [0.2, 0.25) is 0 Å². The molecule has 0 rings (SSSR count). The first-order valence-electron chi connectivity index (χ1n) is 5.92. The molecule has 0 aromatic heterocycles. The van der Waals surface area contributed by atoms with E-state index in [-0.39, 0.29) is 12.5 Å². The zero-order chi connectivity index (χ0) is 13.8. The maximum absolute atomic E-state index is 11.2. The van der Waals surface area contributed by atoms with E-state index in [1.807, 2.05) is 6.92 Å². The Morgan fingerprint density at radius 1 is 1.17 bits per heavy atom. The Balaban J connectivity index is 3.48. The van der Waals surface area contributed by atoms with Gasteiger partial charge >= 0.3 is 5.97 Å². The van der Waals surface area contributed by atoms with Gasteiger partial charge in [0.1, 0.15) is 0 Å². The van der Waals surface area contributed by atoms with Crippen molar-refractivity contribution in [2.75, 3.05) is 19.7 Å². The normalized spacial score (nSPS) is 9.39. The molecule has 6 nitrogen and oxygen atoms in total. The Labute approximate surface area is 107 Å². The molecule has 0 heterocycles. The molecule has 102 valence electrons. The SMILES string of the molecule is C=CC(=O)OCC(=O)NCCNC(=O)CCCC. The highest BCUT2D eigenvalue weighted by Gasteiger charge is 2.04. The molecule has 0 saturated carbocycles. The van der Waals surface area contributed by atoms with Crippen molar-refractivity contribution in [1.82, 2.24) is 10.6 Å². The van der Waals surface area contributed by atoms with Crippen LogP contribution in [0.25, 0.3) is 0 Å². The van der Waals surface area contributed by atoms with Gasteiger partial charge in [-0.05, 0) is 6.42 Å². The molecule has 0 aliphatic heterocycles. The van der Waals surface area contributed by atoms with Crippen LogP contribution in [0.1, 0.15) is 26.2 Å². The lowest BCUT2D eigenvalue weighted by molar-refractivity contribution is -0.143. The molecule has 0 aliphatic carbocycles. The Hall–Kier alpha value is -1.85. The van der Waals surface area contributed by atoms with Crippen molar-refractivity contribution in [3.8, 4) is 0 Å². The van der Waals surface area contributed by atoms with Crippen molar-refractivity contribution in [2.45, 2.75) is 26.2 Å². The third-order valence-electron chi connectivity index (χ3n) is 2.04. The predicted molar refractivity (Wildman–Crippen MR) is 66.7 cm³/mol. The average Bonchev–Trinajstić information content (AvgIpc) is 2.38. The quantitative estimate of drug-likeness (QED) is 0.349. The van der Waals surface area contributed by atoms with Gasteiger partial charge in [-0.15, -0.1) is 0 Å². The number of amides is 2. The second-order valence-corrected chi connectivity index (χ2v) is 3.62. The molecule has 0 atom stereocenters. The van der Waals surface area contributed by atoms with Gasteiger partial charge in [0.2, 0.25) is 5.91 Å². The Bertz CT molecular complexity index is 302. The molecule has 0 bridgehead atoms. The third kappa shape index (κ3) is 9.38. The number of ether oxygens (including phenoxy) is 1.